The quantitative estimate of drug-likeness (QED) is 0.215. The Morgan fingerprint density at radius 3 is 2.65 bits per heavy atom. The van der Waals surface area contributed by atoms with Gasteiger partial charge in [-0.15, -0.1) is 12.4 Å². The highest BCUT2D eigenvalue weighted by molar-refractivity contribution is 5.98. The summed E-state index contributed by atoms with van der Waals surface area (Å²) in [7, 11) is 0. The molecule has 1 saturated carbocycles. The standard InChI is InChI=1S/C31H36N6O2.ClH/c1-20-13-14-22-23(8-4-11-25(22)36-27-10-2-3-12-28(27)38)29(20)39-30-24(9-6-17-33-30)26-15-18-34-31(37-26)35-21-7-5-16-32-19-21;/h4,6,8-9,11,13-15,17-18,21,27-28,32,36,38H,2-3,5,7,10,12,16,19H2,1H3,(H,34,35,37);1H/t21-,27-,28-;/m0./s1. The van der Waals surface area contributed by atoms with Crippen molar-refractivity contribution in [3.05, 3.63) is 66.5 Å². The fourth-order valence-corrected chi connectivity index (χ4v) is 5.68. The van der Waals surface area contributed by atoms with Gasteiger partial charge in [0, 0.05) is 41.4 Å². The predicted molar refractivity (Wildman–Crippen MR) is 163 cm³/mol. The molecule has 8 nitrogen and oxygen atoms in total. The first kappa shape index (κ1) is 28.1. The van der Waals surface area contributed by atoms with Crippen LogP contribution in [0.1, 0.15) is 44.1 Å². The lowest BCUT2D eigenvalue weighted by molar-refractivity contribution is 0.116. The molecule has 0 spiro atoms. The highest BCUT2D eigenvalue weighted by Gasteiger charge is 2.24. The molecular weight excluding hydrogens is 524 g/mol. The van der Waals surface area contributed by atoms with Gasteiger partial charge in [-0.1, -0.05) is 37.1 Å². The molecule has 1 aliphatic carbocycles. The number of hydrogen-bond acceptors (Lipinski definition) is 8. The van der Waals surface area contributed by atoms with Gasteiger partial charge in [-0.25, -0.2) is 15.0 Å². The van der Waals surface area contributed by atoms with Gasteiger partial charge in [-0.2, -0.15) is 0 Å². The Morgan fingerprint density at radius 1 is 0.900 bits per heavy atom. The highest BCUT2D eigenvalue weighted by Crippen LogP contribution is 2.39. The van der Waals surface area contributed by atoms with Crippen LogP contribution in [0.2, 0.25) is 0 Å². The van der Waals surface area contributed by atoms with Crippen LogP contribution in [0.3, 0.4) is 0 Å². The molecule has 2 aliphatic rings. The molecule has 2 aromatic carbocycles. The van der Waals surface area contributed by atoms with Crippen LogP contribution in [0.25, 0.3) is 22.0 Å². The van der Waals surface area contributed by atoms with E-state index in [1.165, 1.54) is 0 Å². The number of hydrogen-bond donors (Lipinski definition) is 4. The number of rotatable bonds is 7. The maximum Gasteiger partial charge on any atom is 0.228 e. The molecule has 2 aromatic heterocycles. The Morgan fingerprint density at radius 2 is 1.80 bits per heavy atom. The first-order valence-electron chi connectivity index (χ1n) is 14.1. The summed E-state index contributed by atoms with van der Waals surface area (Å²) in [6, 6.07) is 16.5. The summed E-state index contributed by atoms with van der Waals surface area (Å²) in [4.78, 5) is 13.9. The average molecular weight is 561 g/mol. The first-order chi connectivity index (χ1) is 19.2. The number of pyridine rings is 1. The number of halogens is 1. The Hall–Kier alpha value is -3.46. The third kappa shape index (κ3) is 6.14. The fourth-order valence-electron chi connectivity index (χ4n) is 5.68. The van der Waals surface area contributed by atoms with E-state index in [4.69, 9.17) is 9.72 Å². The molecule has 0 radical (unpaired) electrons. The van der Waals surface area contributed by atoms with Crippen molar-refractivity contribution < 1.29 is 9.84 Å². The third-order valence-electron chi connectivity index (χ3n) is 7.81. The minimum Gasteiger partial charge on any atom is -0.437 e. The fraction of sp³-hybridized carbons (Fsp3) is 0.387. The maximum atomic E-state index is 10.5. The molecule has 3 atom stereocenters. The SMILES string of the molecule is Cc1ccc2c(N[C@H]3CCCC[C@@H]3O)cccc2c1Oc1ncccc1-c1ccnc(N[C@H]2CCCNC2)n1.Cl. The summed E-state index contributed by atoms with van der Waals surface area (Å²) in [5.74, 6) is 1.87. The Balaban J connectivity index is 0.00000323. The van der Waals surface area contributed by atoms with E-state index in [9.17, 15) is 5.11 Å². The molecule has 0 amide bonds. The zero-order chi connectivity index (χ0) is 26.6. The lowest BCUT2D eigenvalue weighted by Gasteiger charge is -2.29. The van der Waals surface area contributed by atoms with Crippen LogP contribution < -0.4 is 20.7 Å². The number of piperidine rings is 1. The van der Waals surface area contributed by atoms with E-state index in [0.29, 0.717) is 17.9 Å². The van der Waals surface area contributed by atoms with E-state index in [1.54, 1.807) is 12.4 Å². The maximum absolute atomic E-state index is 10.5. The zero-order valence-electron chi connectivity index (χ0n) is 22.8. The second-order valence-corrected chi connectivity index (χ2v) is 10.6. The van der Waals surface area contributed by atoms with Crippen LogP contribution in [0.4, 0.5) is 11.6 Å². The number of benzene rings is 2. The minimum atomic E-state index is -0.326. The summed E-state index contributed by atoms with van der Waals surface area (Å²) in [5.41, 5.74) is 3.59. The van der Waals surface area contributed by atoms with Crippen molar-refractivity contribution in [1.82, 2.24) is 20.3 Å². The number of anilines is 2. The van der Waals surface area contributed by atoms with Gasteiger partial charge in [0.25, 0.3) is 0 Å². The van der Waals surface area contributed by atoms with Crippen molar-refractivity contribution in [1.29, 1.82) is 0 Å². The van der Waals surface area contributed by atoms with Gasteiger partial charge in [0.2, 0.25) is 11.8 Å². The van der Waals surface area contributed by atoms with Crippen molar-refractivity contribution >= 4 is 34.8 Å². The van der Waals surface area contributed by atoms with E-state index in [-0.39, 0.29) is 24.6 Å². The van der Waals surface area contributed by atoms with Gasteiger partial charge < -0.3 is 25.8 Å². The Kier molecular flexibility index (Phi) is 8.99. The van der Waals surface area contributed by atoms with Crippen LogP contribution in [-0.4, -0.2) is 51.3 Å². The number of nitrogens with zero attached hydrogens (tertiary/aromatic N) is 3. The predicted octanol–water partition coefficient (Wildman–Crippen LogP) is 6.09. The highest BCUT2D eigenvalue weighted by atomic mass is 35.5. The summed E-state index contributed by atoms with van der Waals surface area (Å²) < 4.78 is 6.58. The molecule has 4 N–H and O–H groups in total. The van der Waals surface area contributed by atoms with Crippen LogP contribution >= 0.6 is 12.4 Å². The third-order valence-corrected chi connectivity index (χ3v) is 7.81. The second kappa shape index (κ2) is 12.8. The molecule has 4 aromatic rings. The molecule has 210 valence electrons. The monoisotopic (exact) mass is 560 g/mol. The molecule has 0 unspecified atom stereocenters. The first-order valence-corrected chi connectivity index (χ1v) is 14.1. The minimum absolute atomic E-state index is 0. The smallest absolute Gasteiger partial charge is 0.228 e. The van der Waals surface area contributed by atoms with Crippen molar-refractivity contribution in [2.75, 3.05) is 23.7 Å². The molecule has 1 saturated heterocycles. The molecular formula is C31H37ClN6O2. The summed E-state index contributed by atoms with van der Waals surface area (Å²) >= 11 is 0. The normalized spacial score (nSPS) is 20.9. The second-order valence-electron chi connectivity index (χ2n) is 10.6. The summed E-state index contributed by atoms with van der Waals surface area (Å²) in [6.45, 7) is 4.02. The van der Waals surface area contributed by atoms with Crippen molar-refractivity contribution in [3.63, 3.8) is 0 Å². The largest absolute Gasteiger partial charge is 0.437 e. The van der Waals surface area contributed by atoms with Crippen LogP contribution in [0, 0.1) is 6.92 Å². The van der Waals surface area contributed by atoms with Crippen LogP contribution in [0.5, 0.6) is 11.6 Å². The number of ether oxygens (including phenoxy) is 1. The van der Waals surface area contributed by atoms with E-state index < -0.39 is 0 Å². The molecule has 40 heavy (non-hydrogen) atoms. The summed E-state index contributed by atoms with van der Waals surface area (Å²) in [5, 5.41) is 23.1. The van der Waals surface area contributed by atoms with E-state index in [0.717, 1.165) is 90.6 Å². The number of aryl methyl sites for hydroxylation is 1. The molecule has 0 bridgehead atoms. The Labute approximate surface area is 241 Å². The van der Waals surface area contributed by atoms with Gasteiger partial charge in [0.1, 0.15) is 5.75 Å². The zero-order valence-corrected chi connectivity index (χ0v) is 23.6. The molecule has 2 fully saturated rings. The van der Waals surface area contributed by atoms with Crippen molar-refractivity contribution in [2.45, 2.75) is 63.6 Å². The van der Waals surface area contributed by atoms with E-state index in [1.807, 2.05) is 31.2 Å². The van der Waals surface area contributed by atoms with Crippen LogP contribution in [0.15, 0.2) is 60.9 Å². The van der Waals surface area contributed by atoms with Gasteiger partial charge in [0.05, 0.1) is 23.4 Å². The topological polar surface area (TPSA) is 104 Å². The average Bonchev–Trinajstić information content (AvgIpc) is 2.97. The van der Waals surface area contributed by atoms with Gasteiger partial charge in [0.15, 0.2) is 0 Å². The number of nitrogens with one attached hydrogen (secondary N) is 3. The lowest BCUT2D eigenvalue weighted by atomic mass is 9.92. The lowest BCUT2D eigenvalue weighted by Crippen LogP contribution is -2.38. The van der Waals surface area contributed by atoms with Crippen molar-refractivity contribution in [3.8, 4) is 22.9 Å². The van der Waals surface area contributed by atoms with Gasteiger partial charge >= 0.3 is 0 Å². The van der Waals surface area contributed by atoms with Crippen LogP contribution in [-0.2, 0) is 0 Å². The van der Waals surface area contributed by atoms with E-state index >= 15 is 0 Å². The van der Waals surface area contributed by atoms with Crippen molar-refractivity contribution in [2.24, 2.45) is 0 Å². The van der Waals surface area contributed by atoms with Gasteiger partial charge in [-0.05, 0) is 69.0 Å². The number of aliphatic hydroxyl groups is 1. The number of aliphatic hydroxyl groups excluding tert-OH is 1. The number of fused-ring (bicyclic) bond motifs is 1. The molecule has 1 aliphatic heterocycles. The summed E-state index contributed by atoms with van der Waals surface area (Å²) in [6.07, 6.45) is 9.46. The molecule has 6 rings (SSSR count). The van der Waals surface area contributed by atoms with Gasteiger partial charge in [-0.3, -0.25) is 0 Å². The Bertz CT molecular complexity index is 1440. The number of aromatic nitrogens is 3. The molecule has 3 heterocycles. The van der Waals surface area contributed by atoms with E-state index in [2.05, 4.69) is 50.2 Å². The molecule has 9 heteroatoms.